The molecule has 0 fully saturated rings. The van der Waals surface area contributed by atoms with Crippen molar-refractivity contribution < 1.29 is 14.3 Å². The van der Waals surface area contributed by atoms with Crippen molar-refractivity contribution in [3.05, 3.63) is 69.7 Å². The molecule has 0 aliphatic rings. The summed E-state index contributed by atoms with van der Waals surface area (Å²) in [7, 11) is 0. The van der Waals surface area contributed by atoms with Gasteiger partial charge in [-0.15, -0.1) is 0 Å². The van der Waals surface area contributed by atoms with Gasteiger partial charge in [-0.3, -0.25) is 4.79 Å². The van der Waals surface area contributed by atoms with Crippen LogP contribution in [0, 0.1) is 5.92 Å². The molecule has 0 unspecified atom stereocenters. The average molecular weight is 418 g/mol. The lowest BCUT2D eigenvalue weighted by molar-refractivity contribution is -0.124. The van der Waals surface area contributed by atoms with Gasteiger partial charge in [-0.2, -0.15) is 0 Å². The van der Waals surface area contributed by atoms with Crippen LogP contribution in [0.15, 0.2) is 53.0 Å². The molecule has 1 N–H and O–H groups in total. The Morgan fingerprint density at radius 2 is 1.62 bits per heavy atom. The predicted molar refractivity (Wildman–Crippen MR) is 106 cm³/mol. The maximum Gasteiger partial charge on any atom is 0.338 e. The molecule has 26 heavy (non-hydrogen) atoms. The largest absolute Gasteiger partial charge is 0.452 e. The van der Waals surface area contributed by atoms with Crippen LogP contribution in [0.2, 0.25) is 0 Å². The summed E-state index contributed by atoms with van der Waals surface area (Å²) in [5, 5.41) is 2.85. The minimum Gasteiger partial charge on any atom is -0.452 e. The summed E-state index contributed by atoms with van der Waals surface area (Å²) in [6.45, 7) is 5.98. The molecule has 5 heteroatoms. The second-order valence-electron chi connectivity index (χ2n) is 6.71. The first-order chi connectivity index (χ1) is 12.3. The highest BCUT2D eigenvalue weighted by Gasteiger charge is 2.13. The molecule has 0 spiro atoms. The van der Waals surface area contributed by atoms with Gasteiger partial charge in [-0.05, 0) is 54.7 Å². The van der Waals surface area contributed by atoms with E-state index in [2.05, 4.69) is 47.2 Å². The van der Waals surface area contributed by atoms with Gasteiger partial charge in [-0.1, -0.05) is 54.0 Å². The monoisotopic (exact) mass is 417 g/mol. The van der Waals surface area contributed by atoms with Crippen LogP contribution < -0.4 is 5.32 Å². The van der Waals surface area contributed by atoms with E-state index in [1.54, 1.807) is 24.3 Å². The molecule has 0 aliphatic carbocycles. The van der Waals surface area contributed by atoms with Gasteiger partial charge in [0.2, 0.25) is 0 Å². The van der Waals surface area contributed by atoms with Crippen molar-refractivity contribution in [3.8, 4) is 0 Å². The lowest BCUT2D eigenvalue weighted by Gasteiger charge is -2.15. The number of rotatable bonds is 7. The summed E-state index contributed by atoms with van der Waals surface area (Å²) in [5.74, 6) is -0.231. The number of hydrogen-bond acceptors (Lipinski definition) is 3. The standard InChI is InChI=1S/C21H24BrNO3/c1-14(2)12-16-4-6-17(7-5-16)15(3)23-20(24)13-26-21(25)18-8-10-19(22)11-9-18/h4-11,14-15H,12-13H2,1-3H3,(H,23,24)/t15-/m1/s1. The third-order valence-electron chi connectivity index (χ3n) is 3.92. The van der Waals surface area contributed by atoms with Gasteiger partial charge in [0, 0.05) is 4.47 Å². The predicted octanol–water partition coefficient (Wildman–Crippen LogP) is 4.68. The van der Waals surface area contributed by atoms with Gasteiger partial charge in [0.15, 0.2) is 6.61 Å². The second-order valence-corrected chi connectivity index (χ2v) is 7.63. The summed E-state index contributed by atoms with van der Waals surface area (Å²) in [4.78, 5) is 24.0. The van der Waals surface area contributed by atoms with E-state index in [0.29, 0.717) is 11.5 Å². The van der Waals surface area contributed by atoms with Crippen molar-refractivity contribution in [2.45, 2.75) is 33.2 Å². The zero-order chi connectivity index (χ0) is 19.1. The molecule has 0 saturated carbocycles. The van der Waals surface area contributed by atoms with Crippen LogP contribution in [0.1, 0.15) is 48.3 Å². The molecule has 138 valence electrons. The van der Waals surface area contributed by atoms with E-state index in [-0.39, 0.29) is 18.6 Å². The van der Waals surface area contributed by atoms with Crippen LogP contribution in [-0.2, 0) is 16.0 Å². The Hall–Kier alpha value is -2.14. The van der Waals surface area contributed by atoms with Crippen LogP contribution in [0.4, 0.5) is 0 Å². The van der Waals surface area contributed by atoms with E-state index in [0.717, 1.165) is 16.5 Å². The number of halogens is 1. The van der Waals surface area contributed by atoms with Crippen molar-refractivity contribution in [3.63, 3.8) is 0 Å². The number of amides is 1. The summed E-state index contributed by atoms with van der Waals surface area (Å²) in [6.07, 6.45) is 1.03. The maximum atomic E-state index is 12.0. The fraction of sp³-hybridized carbons (Fsp3) is 0.333. The Morgan fingerprint density at radius 3 is 2.19 bits per heavy atom. The molecular formula is C21H24BrNO3. The van der Waals surface area contributed by atoms with E-state index >= 15 is 0 Å². The zero-order valence-corrected chi connectivity index (χ0v) is 16.9. The highest BCUT2D eigenvalue weighted by Crippen LogP contribution is 2.16. The number of carbonyl (C=O) groups is 2. The quantitative estimate of drug-likeness (QED) is 0.665. The van der Waals surface area contributed by atoms with E-state index in [9.17, 15) is 9.59 Å². The second kappa shape index (κ2) is 9.53. The Morgan fingerprint density at radius 1 is 1.00 bits per heavy atom. The first-order valence-electron chi connectivity index (χ1n) is 8.66. The van der Waals surface area contributed by atoms with Gasteiger partial charge in [0.05, 0.1) is 11.6 Å². The molecule has 2 aromatic rings. The SMILES string of the molecule is CC(C)Cc1ccc([C@@H](C)NC(=O)COC(=O)c2ccc(Br)cc2)cc1. The molecular weight excluding hydrogens is 394 g/mol. The highest BCUT2D eigenvalue weighted by molar-refractivity contribution is 9.10. The average Bonchev–Trinajstić information content (AvgIpc) is 2.60. The third-order valence-corrected chi connectivity index (χ3v) is 4.44. The fourth-order valence-corrected chi connectivity index (χ4v) is 2.85. The molecule has 2 aromatic carbocycles. The number of benzene rings is 2. The zero-order valence-electron chi connectivity index (χ0n) is 15.3. The summed E-state index contributed by atoms with van der Waals surface area (Å²) in [6, 6.07) is 14.9. The normalized spacial score (nSPS) is 11.9. The smallest absolute Gasteiger partial charge is 0.338 e. The van der Waals surface area contributed by atoms with Crippen molar-refractivity contribution in [1.29, 1.82) is 0 Å². The lowest BCUT2D eigenvalue weighted by Crippen LogP contribution is -2.31. The van der Waals surface area contributed by atoms with Gasteiger partial charge >= 0.3 is 5.97 Å². The molecule has 0 aliphatic heterocycles. The molecule has 1 atom stereocenters. The van der Waals surface area contributed by atoms with E-state index < -0.39 is 5.97 Å². The van der Waals surface area contributed by atoms with E-state index in [1.807, 2.05) is 19.1 Å². The van der Waals surface area contributed by atoms with Crippen LogP contribution in [0.3, 0.4) is 0 Å². The summed E-state index contributed by atoms with van der Waals surface area (Å²) < 4.78 is 5.94. The van der Waals surface area contributed by atoms with Crippen molar-refractivity contribution in [2.75, 3.05) is 6.61 Å². The number of carbonyl (C=O) groups excluding carboxylic acids is 2. The summed E-state index contributed by atoms with van der Waals surface area (Å²) >= 11 is 3.31. The number of ether oxygens (including phenoxy) is 1. The first kappa shape index (κ1) is 20.2. The first-order valence-corrected chi connectivity index (χ1v) is 9.45. The molecule has 0 saturated heterocycles. The Labute approximate surface area is 163 Å². The van der Waals surface area contributed by atoms with Gasteiger partial charge in [-0.25, -0.2) is 4.79 Å². The highest BCUT2D eigenvalue weighted by atomic mass is 79.9. The van der Waals surface area contributed by atoms with Crippen molar-refractivity contribution in [1.82, 2.24) is 5.32 Å². The minimum atomic E-state index is -0.515. The maximum absolute atomic E-state index is 12.0. The molecule has 0 bridgehead atoms. The van der Waals surface area contributed by atoms with Crippen LogP contribution in [0.5, 0.6) is 0 Å². The van der Waals surface area contributed by atoms with Crippen molar-refractivity contribution >= 4 is 27.8 Å². The topological polar surface area (TPSA) is 55.4 Å². The molecule has 0 aromatic heterocycles. The summed E-state index contributed by atoms with van der Waals surface area (Å²) in [5.41, 5.74) is 2.71. The van der Waals surface area contributed by atoms with E-state index in [1.165, 1.54) is 5.56 Å². The van der Waals surface area contributed by atoms with Gasteiger partial charge < -0.3 is 10.1 Å². The fourth-order valence-electron chi connectivity index (χ4n) is 2.58. The molecule has 0 heterocycles. The molecule has 0 radical (unpaired) electrons. The minimum absolute atomic E-state index is 0.151. The van der Waals surface area contributed by atoms with Gasteiger partial charge in [0.25, 0.3) is 5.91 Å². The number of nitrogens with one attached hydrogen (secondary N) is 1. The lowest BCUT2D eigenvalue weighted by atomic mass is 10.00. The van der Waals surface area contributed by atoms with Crippen LogP contribution in [-0.4, -0.2) is 18.5 Å². The molecule has 1 amide bonds. The van der Waals surface area contributed by atoms with E-state index in [4.69, 9.17) is 4.74 Å². The Bertz CT molecular complexity index is 739. The number of hydrogen-bond donors (Lipinski definition) is 1. The Balaban J connectivity index is 1.83. The third kappa shape index (κ3) is 6.30. The Kier molecular flexibility index (Phi) is 7.39. The van der Waals surface area contributed by atoms with Crippen LogP contribution >= 0.6 is 15.9 Å². The molecule has 4 nitrogen and oxygen atoms in total. The van der Waals surface area contributed by atoms with Gasteiger partial charge in [0.1, 0.15) is 0 Å². The van der Waals surface area contributed by atoms with Crippen LogP contribution in [0.25, 0.3) is 0 Å². The van der Waals surface area contributed by atoms with Crippen molar-refractivity contribution in [2.24, 2.45) is 5.92 Å². The number of esters is 1. The molecule has 2 rings (SSSR count).